The fraction of sp³-hybridized carbons (Fsp3) is 0.917. The molecule has 1 heterocycles. The minimum absolute atomic E-state index is 0.208. The summed E-state index contributed by atoms with van der Waals surface area (Å²) in [6, 6.07) is 0. The van der Waals surface area contributed by atoms with E-state index in [1.165, 1.54) is 4.80 Å². The molecular weight excluding hydrogens is 230 g/mol. The maximum Gasteiger partial charge on any atom is 0.175 e. The standard InChI is InChI=1S/C12H25N5O/c1-12(2,3)10(9-13-6-7-18-5)8-11-14-16-17(4)15-11/h10,13H,6-9H2,1-5H3. The smallest absolute Gasteiger partial charge is 0.175 e. The van der Waals surface area contributed by atoms with Gasteiger partial charge in [-0.05, 0) is 23.1 Å². The maximum atomic E-state index is 5.03. The molecule has 1 N–H and O–H groups in total. The van der Waals surface area contributed by atoms with Crippen molar-refractivity contribution in [2.45, 2.75) is 27.2 Å². The lowest BCUT2D eigenvalue weighted by molar-refractivity contribution is 0.185. The molecule has 18 heavy (non-hydrogen) atoms. The summed E-state index contributed by atoms with van der Waals surface area (Å²) >= 11 is 0. The van der Waals surface area contributed by atoms with Crippen LogP contribution >= 0.6 is 0 Å². The Hall–Kier alpha value is -1.01. The molecule has 0 spiro atoms. The van der Waals surface area contributed by atoms with Crippen molar-refractivity contribution in [2.24, 2.45) is 18.4 Å². The Labute approximate surface area is 109 Å². The van der Waals surface area contributed by atoms with E-state index in [1.807, 2.05) is 0 Å². The van der Waals surface area contributed by atoms with Crippen molar-refractivity contribution < 1.29 is 4.74 Å². The predicted octanol–water partition coefficient (Wildman–Crippen LogP) is 0.651. The number of ether oxygens (including phenoxy) is 1. The summed E-state index contributed by atoms with van der Waals surface area (Å²) in [5, 5.41) is 15.6. The Kier molecular flexibility index (Phi) is 5.68. The third-order valence-electron chi connectivity index (χ3n) is 3.08. The zero-order valence-electron chi connectivity index (χ0n) is 12.1. The van der Waals surface area contributed by atoms with E-state index in [0.29, 0.717) is 5.92 Å². The zero-order chi connectivity index (χ0) is 13.6. The molecule has 104 valence electrons. The molecule has 6 nitrogen and oxygen atoms in total. The molecule has 1 aromatic rings. The highest BCUT2D eigenvalue weighted by molar-refractivity contribution is 4.87. The largest absolute Gasteiger partial charge is 0.383 e. The van der Waals surface area contributed by atoms with Gasteiger partial charge in [-0.25, -0.2) is 0 Å². The van der Waals surface area contributed by atoms with Crippen LogP contribution in [0.25, 0.3) is 0 Å². The van der Waals surface area contributed by atoms with Crippen molar-refractivity contribution >= 4 is 0 Å². The van der Waals surface area contributed by atoms with Crippen LogP contribution in [0.15, 0.2) is 0 Å². The SMILES string of the molecule is COCCNCC(Cc1nnn(C)n1)C(C)(C)C. The van der Waals surface area contributed by atoms with Crippen LogP contribution in [-0.2, 0) is 18.2 Å². The fourth-order valence-corrected chi connectivity index (χ4v) is 1.76. The van der Waals surface area contributed by atoms with Crippen LogP contribution in [0.4, 0.5) is 0 Å². The second-order valence-corrected chi connectivity index (χ2v) is 5.66. The van der Waals surface area contributed by atoms with Crippen LogP contribution in [0.3, 0.4) is 0 Å². The molecule has 0 saturated heterocycles. The van der Waals surface area contributed by atoms with Crippen LogP contribution in [0.5, 0.6) is 0 Å². The summed E-state index contributed by atoms with van der Waals surface area (Å²) in [7, 11) is 3.51. The zero-order valence-corrected chi connectivity index (χ0v) is 12.1. The van der Waals surface area contributed by atoms with Gasteiger partial charge < -0.3 is 10.1 Å². The monoisotopic (exact) mass is 255 g/mol. The van der Waals surface area contributed by atoms with E-state index in [9.17, 15) is 0 Å². The first kappa shape index (κ1) is 15.0. The number of rotatable bonds is 7. The summed E-state index contributed by atoms with van der Waals surface area (Å²) in [5.74, 6) is 1.28. The van der Waals surface area contributed by atoms with Crippen LogP contribution in [-0.4, -0.2) is 47.0 Å². The molecule has 1 atom stereocenters. The van der Waals surface area contributed by atoms with E-state index in [2.05, 4.69) is 41.5 Å². The van der Waals surface area contributed by atoms with Gasteiger partial charge >= 0.3 is 0 Å². The third-order valence-corrected chi connectivity index (χ3v) is 3.08. The minimum Gasteiger partial charge on any atom is -0.383 e. The van der Waals surface area contributed by atoms with Crippen molar-refractivity contribution in [3.8, 4) is 0 Å². The molecule has 0 bridgehead atoms. The molecule has 0 aliphatic carbocycles. The van der Waals surface area contributed by atoms with Gasteiger partial charge in [0.05, 0.1) is 13.7 Å². The van der Waals surface area contributed by atoms with Gasteiger partial charge in [-0.2, -0.15) is 4.80 Å². The number of methoxy groups -OCH3 is 1. The number of hydrogen-bond donors (Lipinski definition) is 1. The van der Waals surface area contributed by atoms with Gasteiger partial charge in [-0.3, -0.25) is 0 Å². The number of tetrazole rings is 1. The Balaban J connectivity index is 2.51. The van der Waals surface area contributed by atoms with Crippen molar-refractivity contribution in [1.29, 1.82) is 0 Å². The topological polar surface area (TPSA) is 64.9 Å². The lowest BCUT2D eigenvalue weighted by Gasteiger charge is -2.30. The molecule has 0 amide bonds. The van der Waals surface area contributed by atoms with E-state index < -0.39 is 0 Å². The second kappa shape index (κ2) is 6.80. The first-order chi connectivity index (χ1) is 8.43. The van der Waals surface area contributed by atoms with Crippen molar-refractivity contribution in [3.63, 3.8) is 0 Å². The Bertz CT molecular complexity index is 344. The van der Waals surface area contributed by atoms with Gasteiger partial charge in [-0.15, -0.1) is 10.2 Å². The molecule has 0 saturated carbocycles. The summed E-state index contributed by atoms with van der Waals surface area (Å²) in [6.45, 7) is 9.27. The Morgan fingerprint density at radius 1 is 1.39 bits per heavy atom. The average Bonchev–Trinajstić information content (AvgIpc) is 2.67. The highest BCUT2D eigenvalue weighted by Gasteiger charge is 2.26. The van der Waals surface area contributed by atoms with Crippen molar-refractivity contribution in [2.75, 3.05) is 26.8 Å². The van der Waals surface area contributed by atoms with E-state index in [0.717, 1.165) is 31.9 Å². The first-order valence-corrected chi connectivity index (χ1v) is 6.36. The van der Waals surface area contributed by atoms with Gasteiger partial charge in [0.2, 0.25) is 0 Å². The van der Waals surface area contributed by atoms with Crippen LogP contribution in [0.2, 0.25) is 0 Å². The van der Waals surface area contributed by atoms with Gasteiger partial charge in [-0.1, -0.05) is 20.8 Å². The number of aromatic nitrogens is 4. The quantitative estimate of drug-likeness (QED) is 0.725. The number of nitrogens with one attached hydrogen (secondary N) is 1. The highest BCUT2D eigenvalue weighted by Crippen LogP contribution is 2.27. The summed E-state index contributed by atoms with van der Waals surface area (Å²) in [6.07, 6.45) is 0.845. The van der Waals surface area contributed by atoms with Crippen LogP contribution in [0.1, 0.15) is 26.6 Å². The second-order valence-electron chi connectivity index (χ2n) is 5.66. The molecule has 0 aliphatic rings. The van der Waals surface area contributed by atoms with E-state index >= 15 is 0 Å². The number of aryl methyl sites for hydroxylation is 1. The van der Waals surface area contributed by atoms with Gasteiger partial charge in [0.1, 0.15) is 0 Å². The van der Waals surface area contributed by atoms with Crippen molar-refractivity contribution in [3.05, 3.63) is 5.82 Å². The molecular formula is C12H25N5O. The lowest BCUT2D eigenvalue weighted by Crippen LogP contribution is -2.35. The van der Waals surface area contributed by atoms with Gasteiger partial charge in [0, 0.05) is 20.1 Å². The highest BCUT2D eigenvalue weighted by atomic mass is 16.5. The molecule has 6 heteroatoms. The third kappa shape index (κ3) is 5.10. The normalized spacial score (nSPS) is 13.8. The number of nitrogens with zero attached hydrogens (tertiary/aromatic N) is 4. The van der Waals surface area contributed by atoms with Crippen LogP contribution in [0, 0.1) is 11.3 Å². The Morgan fingerprint density at radius 3 is 2.61 bits per heavy atom. The summed E-state index contributed by atoms with van der Waals surface area (Å²) in [5.41, 5.74) is 0.208. The molecule has 0 fully saturated rings. The first-order valence-electron chi connectivity index (χ1n) is 6.36. The van der Waals surface area contributed by atoms with Crippen molar-refractivity contribution in [1.82, 2.24) is 25.5 Å². The predicted molar refractivity (Wildman–Crippen MR) is 70.2 cm³/mol. The van der Waals surface area contributed by atoms with Crippen LogP contribution < -0.4 is 5.32 Å². The average molecular weight is 255 g/mol. The molecule has 0 aromatic carbocycles. The van der Waals surface area contributed by atoms with E-state index in [1.54, 1.807) is 14.2 Å². The van der Waals surface area contributed by atoms with E-state index in [-0.39, 0.29) is 5.41 Å². The molecule has 1 rings (SSSR count). The molecule has 0 aliphatic heterocycles. The Morgan fingerprint density at radius 2 is 2.11 bits per heavy atom. The lowest BCUT2D eigenvalue weighted by atomic mass is 9.78. The van der Waals surface area contributed by atoms with E-state index in [4.69, 9.17) is 4.74 Å². The molecule has 0 radical (unpaired) electrons. The number of hydrogen-bond acceptors (Lipinski definition) is 5. The maximum absolute atomic E-state index is 5.03. The van der Waals surface area contributed by atoms with Gasteiger partial charge in [0.15, 0.2) is 5.82 Å². The molecule has 1 unspecified atom stereocenters. The minimum atomic E-state index is 0.208. The summed E-state index contributed by atoms with van der Waals surface area (Å²) < 4.78 is 5.03. The fourth-order valence-electron chi connectivity index (χ4n) is 1.76. The van der Waals surface area contributed by atoms with Gasteiger partial charge in [0.25, 0.3) is 0 Å². The summed E-state index contributed by atoms with van der Waals surface area (Å²) in [4.78, 5) is 1.51. The molecule has 1 aromatic heterocycles.